The molecule has 4 rings (SSSR count). The number of carbonyl (C=O) groups excluding carboxylic acids is 1. The molecule has 0 radical (unpaired) electrons. The second kappa shape index (κ2) is 10.2. The van der Waals surface area contributed by atoms with E-state index in [4.69, 9.17) is 14.2 Å². The van der Waals surface area contributed by atoms with Gasteiger partial charge < -0.3 is 14.2 Å². The van der Waals surface area contributed by atoms with Crippen LogP contribution in [0.4, 0.5) is 4.39 Å². The summed E-state index contributed by atoms with van der Waals surface area (Å²) in [5.41, 5.74) is 3.60. The van der Waals surface area contributed by atoms with Crippen LogP contribution < -0.4 is 9.47 Å². The average Bonchev–Trinajstić information content (AvgIpc) is 2.84. The van der Waals surface area contributed by atoms with Crippen molar-refractivity contribution in [3.8, 4) is 28.4 Å². The molecule has 0 spiro atoms. The van der Waals surface area contributed by atoms with Crippen molar-refractivity contribution in [2.24, 2.45) is 0 Å². The Hall–Kier alpha value is -4.12. The third-order valence-electron chi connectivity index (χ3n) is 5.43. The summed E-state index contributed by atoms with van der Waals surface area (Å²) in [6.45, 7) is 4.11. The fraction of sp³-hybridized carbons (Fsp3) is 0.138. The molecule has 0 aromatic heterocycles. The topological polar surface area (TPSA) is 44.8 Å². The number of fused-ring (bicyclic) bond motifs is 1. The second-order valence-corrected chi connectivity index (χ2v) is 7.75. The molecule has 0 aliphatic heterocycles. The van der Waals surface area contributed by atoms with Crippen LogP contribution in [-0.2, 0) is 9.53 Å². The average molecular weight is 457 g/mol. The van der Waals surface area contributed by atoms with Crippen LogP contribution in [-0.4, -0.2) is 19.7 Å². The Bertz CT molecular complexity index is 1340. The van der Waals surface area contributed by atoms with Crippen molar-refractivity contribution in [1.82, 2.24) is 0 Å². The van der Waals surface area contributed by atoms with E-state index in [0.717, 1.165) is 38.8 Å². The smallest absolute Gasteiger partial charge is 0.330 e. The third kappa shape index (κ3) is 5.09. The number of methoxy groups -OCH3 is 1. The highest BCUT2D eigenvalue weighted by atomic mass is 19.1. The number of esters is 1. The van der Waals surface area contributed by atoms with E-state index in [1.54, 1.807) is 32.2 Å². The van der Waals surface area contributed by atoms with Gasteiger partial charge in [-0.2, -0.15) is 0 Å². The summed E-state index contributed by atoms with van der Waals surface area (Å²) < 4.78 is 30.3. The summed E-state index contributed by atoms with van der Waals surface area (Å²) in [6.07, 6.45) is 3.09. The first kappa shape index (κ1) is 23.1. The lowest BCUT2D eigenvalue weighted by Crippen LogP contribution is -1.98. The van der Waals surface area contributed by atoms with Crippen molar-refractivity contribution in [2.75, 3.05) is 13.7 Å². The van der Waals surface area contributed by atoms with E-state index in [9.17, 15) is 9.18 Å². The lowest BCUT2D eigenvalue weighted by Gasteiger charge is -2.18. The summed E-state index contributed by atoms with van der Waals surface area (Å²) >= 11 is 0. The molecule has 0 atom stereocenters. The zero-order valence-corrected chi connectivity index (χ0v) is 19.3. The third-order valence-corrected chi connectivity index (χ3v) is 5.43. The van der Waals surface area contributed by atoms with Gasteiger partial charge in [-0.15, -0.1) is 0 Å². The fourth-order valence-electron chi connectivity index (χ4n) is 3.81. The number of hydrogen-bond donors (Lipinski definition) is 0. The van der Waals surface area contributed by atoms with E-state index in [1.807, 2.05) is 49.4 Å². The number of benzene rings is 4. The van der Waals surface area contributed by atoms with Crippen LogP contribution in [0.25, 0.3) is 28.0 Å². The Morgan fingerprint density at radius 2 is 1.65 bits per heavy atom. The number of rotatable bonds is 7. The molecule has 0 aliphatic rings. The molecule has 172 valence electrons. The maximum atomic E-state index is 13.6. The molecule has 4 aromatic rings. The van der Waals surface area contributed by atoms with Crippen LogP contribution in [0.1, 0.15) is 18.1 Å². The molecular weight excluding hydrogens is 431 g/mol. The second-order valence-electron chi connectivity index (χ2n) is 7.75. The normalized spacial score (nSPS) is 11.1. The van der Waals surface area contributed by atoms with E-state index >= 15 is 0 Å². The molecule has 0 saturated carbocycles. The van der Waals surface area contributed by atoms with Gasteiger partial charge in [0.2, 0.25) is 0 Å². The van der Waals surface area contributed by atoms with E-state index in [2.05, 4.69) is 6.07 Å². The molecule has 5 heteroatoms. The van der Waals surface area contributed by atoms with Gasteiger partial charge in [-0.05, 0) is 84.5 Å². The number of ether oxygens (including phenoxy) is 3. The largest absolute Gasteiger partial charge is 0.497 e. The monoisotopic (exact) mass is 456 g/mol. The number of halogens is 1. The summed E-state index contributed by atoms with van der Waals surface area (Å²) in [5, 5.41) is 1.89. The molecule has 4 aromatic carbocycles. The molecule has 0 unspecified atom stereocenters. The summed E-state index contributed by atoms with van der Waals surface area (Å²) in [6, 6.07) is 21.7. The van der Waals surface area contributed by atoms with E-state index < -0.39 is 0 Å². The van der Waals surface area contributed by atoms with Crippen molar-refractivity contribution >= 4 is 22.8 Å². The predicted molar refractivity (Wildman–Crippen MR) is 133 cm³/mol. The standard InChI is InChI=1S/C29H25FO4/c1-4-33-27(31)16-7-20-5-12-24(13-6-20)34-29-26-15-14-25(32-3)18-22(26)17-19(2)28(29)21-8-10-23(30)11-9-21/h5-18H,4H2,1-3H3/b16-7+. The minimum Gasteiger partial charge on any atom is -0.497 e. The van der Waals surface area contributed by atoms with Gasteiger partial charge in [-0.25, -0.2) is 9.18 Å². The highest BCUT2D eigenvalue weighted by Gasteiger charge is 2.16. The van der Waals surface area contributed by atoms with Crippen molar-refractivity contribution in [1.29, 1.82) is 0 Å². The molecule has 0 fully saturated rings. The molecule has 0 saturated heterocycles. The fourth-order valence-corrected chi connectivity index (χ4v) is 3.81. The molecule has 34 heavy (non-hydrogen) atoms. The van der Waals surface area contributed by atoms with Gasteiger partial charge in [-0.3, -0.25) is 0 Å². The van der Waals surface area contributed by atoms with Crippen LogP contribution >= 0.6 is 0 Å². The minimum atomic E-state index is -0.381. The highest BCUT2D eigenvalue weighted by Crippen LogP contribution is 2.43. The number of aryl methyl sites for hydroxylation is 1. The zero-order valence-electron chi connectivity index (χ0n) is 19.3. The van der Waals surface area contributed by atoms with Crippen LogP contribution in [0, 0.1) is 12.7 Å². The van der Waals surface area contributed by atoms with Crippen molar-refractivity contribution < 1.29 is 23.4 Å². The van der Waals surface area contributed by atoms with Crippen molar-refractivity contribution in [3.05, 3.63) is 95.8 Å². The first-order valence-corrected chi connectivity index (χ1v) is 11.0. The minimum absolute atomic E-state index is 0.291. The van der Waals surface area contributed by atoms with Gasteiger partial charge in [0.25, 0.3) is 0 Å². The SMILES string of the molecule is CCOC(=O)/C=C/c1ccc(Oc2c(-c3ccc(F)cc3)c(C)cc3cc(OC)ccc23)cc1. The van der Waals surface area contributed by atoms with E-state index in [1.165, 1.54) is 18.2 Å². The van der Waals surface area contributed by atoms with Gasteiger partial charge >= 0.3 is 5.97 Å². The van der Waals surface area contributed by atoms with Crippen LogP contribution in [0.2, 0.25) is 0 Å². The Labute approximate surface area is 198 Å². The molecule has 0 heterocycles. The van der Waals surface area contributed by atoms with Crippen LogP contribution in [0.15, 0.2) is 78.9 Å². The van der Waals surface area contributed by atoms with Crippen LogP contribution in [0.3, 0.4) is 0 Å². The molecule has 0 N–H and O–H groups in total. The van der Waals surface area contributed by atoms with Crippen molar-refractivity contribution in [3.63, 3.8) is 0 Å². The molecule has 4 nitrogen and oxygen atoms in total. The number of carbonyl (C=O) groups is 1. The Morgan fingerprint density at radius 1 is 0.941 bits per heavy atom. The first-order valence-electron chi connectivity index (χ1n) is 11.0. The predicted octanol–water partition coefficient (Wildman–Crippen LogP) is 7.33. The van der Waals surface area contributed by atoms with E-state index in [0.29, 0.717) is 18.1 Å². The molecule has 0 bridgehead atoms. The van der Waals surface area contributed by atoms with Crippen molar-refractivity contribution in [2.45, 2.75) is 13.8 Å². The van der Waals surface area contributed by atoms with Gasteiger partial charge in [0.15, 0.2) is 0 Å². The Kier molecular flexibility index (Phi) is 6.93. The summed E-state index contributed by atoms with van der Waals surface area (Å²) in [4.78, 5) is 11.6. The first-order chi connectivity index (χ1) is 16.5. The molecule has 0 aliphatic carbocycles. The molecule has 0 amide bonds. The van der Waals surface area contributed by atoms with Gasteiger partial charge in [-0.1, -0.05) is 30.3 Å². The van der Waals surface area contributed by atoms with Crippen LogP contribution in [0.5, 0.6) is 17.2 Å². The quantitative estimate of drug-likeness (QED) is 0.216. The Balaban J connectivity index is 1.76. The van der Waals surface area contributed by atoms with Gasteiger partial charge in [0.1, 0.15) is 23.1 Å². The lowest BCUT2D eigenvalue weighted by molar-refractivity contribution is -0.137. The maximum Gasteiger partial charge on any atom is 0.330 e. The summed E-state index contributed by atoms with van der Waals surface area (Å²) in [7, 11) is 1.64. The lowest BCUT2D eigenvalue weighted by atomic mass is 9.94. The van der Waals surface area contributed by atoms with E-state index in [-0.39, 0.29) is 11.8 Å². The highest BCUT2D eigenvalue weighted by molar-refractivity contribution is 5.97. The molecular formula is C29H25FO4. The maximum absolute atomic E-state index is 13.6. The van der Waals surface area contributed by atoms with Gasteiger partial charge in [0, 0.05) is 17.0 Å². The Morgan fingerprint density at radius 3 is 2.32 bits per heavy atom. The summed E-state index contributed by atoms with van der Waals surface area (Å²) in [5.74, 6) is 1.40. The van der Waals surface area contributed by atoms with Gasteiger partial charge in [0.05, 0.1) is 13.7 Å². The number of hydrogen-bond acceptors (Lipinski definition) is 4. The zero-order chi connectivity index (χ0) is 24.1.